The van der Waals surface area contributed by atoms with E-state index in [2.05, 4.69) is 0 Å². The number of halogens is 6. The number of hydrogen-bond donors (Lipinski definition) is 1. The maximum absolute atomic E-state index is 14.0. The summed E-state index contributed by atoms with van der Waals surface area (Å²) in [5.74, 6) is -6.32. The van der Waals surface area contributed by atoms with Gasteiger partial charge in [-0.25, -0.2) is 21.6 Å². The summed E-state index contributed by atoms with van der Waals surface area (Å²) in [6, 6.07) is 3.22. The highest BCUT2D eigenvalue weighted by Gasteiger charge is 2.48. The van der Waals surface area contributed by atoms with Crippen molar-refractivity contribution in [3.05, 3.63) is 47.0 Å². The Morgan fingerprint density at radius 3 is 2.55 bits per heavy atom. The van der Waals surface area contributed by atoms with Gasteiger partial charge in [0, 0.05) is 29.6 Å². The summed E-state index contributed by atoms with van der Waals surface area (Å²) in [5, 5.41) is 18.7. The molecule has 0 radical (unpaired) electrons. The molecule has 0 amide bonds. The molecule has 0 aliphatic heterocycles. The molecule has 0 saturated heterocycles. The average molecular weight is 438 g/mol. The van der Waals surface area contributed by atoms with E-state index in [9.17, 15) is 39.9 Å². The zero-order chi connectivity index (χ0) is 21.8. The smallest absolute Gasteiger partial charge is 0.382 e. The van der Waals surface area contributed by atoms with E-state index in [4.69, 9.17) is 5.26 Å². The molecule has 0 saturated carbocycles. The number of sulfone groups is 1. The minimum Gasteiger partial charge on any atom is -0.382 e. The van der Waals surface area contributed by atoms with Crippen LogP contribution in [0.1, 0.15) is 29.3 Å². The maximum Gasteiger partial charge on any atom is 0.419 e. The number of fused-ring (bicyclic) bond motifs is 1. The molecule has 2 aromatic rings. The first kappa shape index (κ1) is 21.2. The van der Waals surface area contributed by atoms with Crippen LogP contribution in [0.25, 0.3) is 5.69 Å². The second-order valence-corrected chi connectivity index (χ2v) is 8.42. The molecule has 1 atom stereocenters. The Bertz CT molecular complexity index is 1120. The van der Waals surface area contributed by atoms with Gasteiger partial charge in [0.15, 0.2) is 9.84 Å². The van der Waals surface area contributed by atoms with Gasteiger partial charge in [0.1, 0.15) is 17.7 Å². The van der Waals surface area contributed by atoms with Gasteiger partial charge < -0.3 is 9.67 Å². The fourth-order valence-corrected chi connectivity index (χ4v) is 4.39. The van der Waals surface area contributed by atoms with E-state index in [0.29, 0.717) is 12.1 Å². The second-order valence-electron chi connectivity index (χ2n) is 6.47. The standard InChI is InChI=1S/C17H12F6N2O3S/c18-11-2-1-9(7-10(11)17(21,22)23)25-8-13(29(27,28)6-5-24)14-12(25)3-4-16(19,20)15(14)26/h1-2,7-8,15,26H,3-4,6H2/t15-/m0/s1. The SMILES string of the molecule is N#CCS(=O)(=O)c1cn(-c2ccc(F)c(C(F)(F)F)c2)c2c1[C@H](O)C(F)(F)CC2. The summed E-state index contributed by atoms with van der Waals surface area (Å²) < 4.78 is 106. The molecule has 1 aromatic heterocycles. The molecule has 1 heterocycles. The number of nitriles is 1. The van der Waals surface area contributed by atoms with Gasteiger partial charge in [0.25, 0.3) is 5.92 Å². The Kier molecular flexibility index (Phi) is 4.95. The highest BCUT2D eigenvalue weighted by atomic mass is 32.2. The van der Waals surface area contributed by atoms with Crippen molar-refractivity contribution in [3.8, 4) is 11.8 Å². The number of aromatic nitrogens is 1. The van der Waals surface area contributed by atoms with Gasteiger partial charge in [-0.2, -0.15) is 18.4 Å². The van der Waals surface area contributed by atoms with Crippen molar-refractivity contribution in [2.45, 2.75) is 35.9 Å². The first-order valence-corrected chi connectivity index (χ1v) is 9.71. The number of aliphatic hydroxyl groups is 1. The third-order valence-electron chi connectivity index (χ3n) is 4.61. The molecular weight excluding hydrogens is 426 g/mol. The predicted octanol–water partition coefficient (Wildman–Crippen LogP) is 3.55. The first-order valence-electron chi connectivity index (χ1n) is 8.06. The molecule has 0 unspecified atom stereocenters. The van der Waals surface area contributed by atoms with Gasteiger partial charge in [-0.3, -0.25) is 0 Å². The summed E-state index contributed by atoms with van der Waals surface area (Å²) in [7, 11) is -4.44. The molecule has 5 nitrogen and oxygen atoms in total. The van der Waals surface area contributed by atoms with E-state index in [1.807, 2.05) is 0 Å². The van der Waals surface area contributed by atoms with Crippen LogP contribution in [-0.4, -0.2) is 29.8 Å². The molecule has 0 bridgehead atoms. The quantitative estimate of drug-likeness (QED) is 0.744. The minimum absolute atomic E-state index is 0.153. The van der Waals surface area contributed by atoms with Gasteiger partial charge in [-0.1, -0.05) is 0 Å². The molecule has 0 spiro atoms. The van der Waals surface area contributed by atoms with Gasteiger partial charge in [-0.15, -0.1) is 0 Å². The van der Waals surface area contributed by atoms with Crippen LogP contribution >= 0.6 is 0 Å². The van der Waals surface area contributed by atoms with Gasteiger partial charge in [0.05, 0.1) is 16.5 Å². The minimum atomic E-state index is -5.05. The molecule has 156 valence electrons. The van der Waals surface area contributed by atoms with Crippen molar-refractivity contribution in [2.75, 3.05) is 5.75 Å². The number of rotatable bonds is 3. The molecule has 12 heteroatoms. The molecule has 3 rings (SSSR count). The van der Waals surface area contributed by atoms with Crippen LogP contribution in [-0.2, 0) is 22.4 Å². The van der Waals surface area contributed by atoms with Crippen LogP contribution in [0.15, 0.2) is 29.3 Å². The van der Waals surface area contributed by atoms with Crippen molar-refractivity contribution in [2.24, 2.45) is 0 Å². The van der Waals surface area contributed by atoms with Gasteiger partial charge in [-0.05, 0) is 24.6 Å². The maximum atomic E-state index is 14.0. The molecular formula is C17H12F6N2O3S. The molecule has 1 aliphatic rings. The third-order valence-corrected chi connectivity index (χ3v) is 6.11. The molecule has 1 N–H and O–H groups in total. The average Bonchev–Trinajstić information content (AvgIpc) is 2.99. The first-order chi connectivity index (χ1) is 13.3. The van der Waals surface area contributed by atoms with E-state index in [1.165, 1.54) is 6.07 Å². The predicted molar refractivity (Wildman–Crippen MR) is 86.6 cm³/mol. The lowest BCUT2D eigenvalue weighted by Crippen LogP contribution is -2.33. The molecule has 29 heavy (non-hydrogen) atoms. The van der Waals surface area contributed by atoms with E-state index < -0.39 is 68.5 Å². The third kappa shape index (κ3) is 3.60. The normalized spacial score (nSPS) is 18.9. The van der Waals surface area contributed by atoms with Crippen molar-refractivity contribution in [3.63, 3.8) is 0 Å². The van der Waals surface area contributed by atoms with Crippen molar-refractivity contribution in [1.29, 1.82) is 5.26 Å². The van der Waals surface area contributed by atoms with E-state index in [1.54, 1.807) is 0 Å². The Labute approximate surface area is 160 Å². The highest BCUT2D eigenvalue weighted by Crippen LogP contribution is 2.46. The monoisotopic (exact) mass is 438 g/mol. The van der Waals surface area contributed by atoms with Gasteiger partial charge >= 0.3 is 6.18 Å². The number of benzene rings is 1. The van der Waals surface area contributed by atoms with Gasteiger partial charge in [0.2, 0.25) is 0 Å². The number of aliphatic hydroxyl groups excluding tert-OH is 1. The Morgan fingerprint density at radius 1 is 1.31 bits per heavy atom. The number of nitrogens with zero attached hydrogens (tertiary/aromatic N) is 2. The number of hydrogen-bond acceptors (Lipinski definition) is 4. The van der Waals surface area contributed by atoms with E-state index in [0.717, 1.165) is 16.8 Å². The Morgan fingerprint density at radius 2 is 1.97 bits per heavy atom. The van der Waals surface area contributed by atoms with Crippen LogP contribution in [0.3, 0.4) is 0 Å². The fraction of sp³-hybridized carbons (Fsp3) is 0.353. The Balaban J connectivity index is 2.30. The summed E-state index contributed by atoms with van der Waals surface area (Å²) in [6.45, 7) is 0. The van der Waals surface area contributed by atoms with Crippen LogP contribution in [0, 0.1) is 17.1 Å². The van der Waals surface area contributed by atoms with E-state index in [-0.39, 0.29) is 11.4 Å². The van der Waals surface area contributed by atoms with E-state index >= 15 is 0 Å². The number of alkyl halides is 5. The van der Waals surface area contributed by atoms with Crippen molar-refractivity contribution in [1.82, 2.24) is 4.57 Å². The summed E-state index contributed by atoms with van der Waals surface area (Å²) in [6.07, 6.45) is -8.14. The van der Waals surface area contributed by atoms with Crippen molar-refractivity contribution < 1.29 is 39.9 Å². The molecule has 0 fully saturated rings. The fourth-order valence-electron chi connectivity index (χ4n) is 3.24. The largest absolute Gasteiger partial charge is 0.419 e. The zero-order valence-electron chi connectivity index (χ0n) is 14.3. The summed E-state index contributed by atoms with van der Waals surface area (Å²) in [4.78, 5) is -0.779. The lowest BCUT2D eigenvalue weighted by Gasteiger charge is -2.29. The molecule has 1 aliphatic carbocycles. The highest BCUT2D eigenvalue weighted by molar-refractivity contribution is 7.91. The topological polar surface area (TPSA) is 83.1 Å². The lowest BCUT2D eigenvalue weighted by molar-refractivity contribution is -0.140. The van der Waals surface area contributed by atoms with Crippen LogP contribution in [0.4, 0.5) is 26.3 Å². The van der Waals surface area contributed by atoms with Crippen LogP contribution in [0.2, 0.25) is 0 Å². The van der Waals surface area contributed by atoms with Crippen molar-refractivity contribution >= 4 is 9.84 Å². The zero-order valence-corrected chi connectivity index (χ0v) is 15.2. The van der Waals surface area contributed by atoms with Crippen LogP contribution in [0.5, 0.6) is 0 Å². The lowest BCUT2D eigenvalue weighted by atomic mass is 9.91. The summed E-state index contributed by atoms with van der Waals surface area (Å²) in [5.41, 5.74) is -2.78. The second kappa shape index (κ2) is 6.77. The van der Waals surface area contributed by atoms with Crippen LogP contribution < -0.4 is 0 Å². The summed E-state index contributed by atoms with van der Waals surface area (Å²) >= 11 is 0. The molecule has 1 aromatic carbocycles. The Hall–Kier alpha value is -2.52.